The van der Waals surface area contributed by atoms with E-state index in [0.717, 1.165) is 18.7 Å². The molecule has 134 valence electrons. The van der Waals surface area contributed by atoms with Crippen molar-refractivity contribution >= 4 is 18.3 Å². The fourth-order valence-corrected chi connectivity index (χ4v) is 3.72. The molecular formula is C21H27ClN2O. The maximum atomic E-state index is 13.0. The van der Waals surface area contributed by atoms with Crippen molar-refractivity contribution in [3.63, 3.8) is 0 Å². The van der Waals surface area contributed by atoms with Crippen LogP contribution in [0.15, 0.2) is 54.6 Å². The number of nitrogens with two attached hydrogens (primary N) is 1. The molecule has 0 saturated carbocycles. The van der Waals surface area contributed by atoms with Gasteiger partial charge >= 0.3 is 0 Å². The van der Waals surface area contributed by atoms with Crippen molar-refractivity contribution < 1.29 is 4.79 Å². The normalized spacial score (nSPS) is 20.8. The van der Waals surface area contributed by atoms with Crippen molar-refractivity contribution in [2.75, 3.05) is 19.6 Å². The Labute approximate surface area is 156 Å². The molecule has 1 saturated heterocycles. The second-order valence-electron chi connectivity index (χ2n) is 6.89. The predicted molar refractivity (Wildman–Crippen MR) is 105 cm³/mol. The molecule has 2 aromatic carbocycles. The van der Waals surface area contributed by atoms with E-state index in [4.69, 9.17) is 5.73 Å². The summed E-state index contributed by atoms with van der Waals surface area (Å²) in [6.45, 7) is 6.20. The van der Waals surface area contributed by atoms with Crippen molar-refractivity contribution in [3.05, 3.63) is 71.3 Å². The van der Waals surface area contributed by atoms with E-state index in [1.54, 1.807) is 0 Å². The van der Waals surface area contributed by atoms with Gasteiger partial charge < -0.3 is 10.6 Å². The zero-order valence-corrected chi connectivity index (χ0v) is 15.7. The van der Waals surface area contributed by atoms with Crippen LogP contribution in [0.5, 0.6) is 0 Å². The third-order valence-corrected chi connectivity index (χ3v) is 5.20. The van der Waals surface area contributed by atoms with Crippen molar-refractivity contribution in [1.82, 2.24) is 4.90 Å². The van der Waals surface area contributed by atoms with Gasteiger partial charge in [0, 0.05) is 19.0 Å². The summed E-state index contributed by atoms with van der Waals surface area (Å²) >= 11 is 0. The maximum Gasteiger partial charge on any atom is 0.229 e. The van der Waals surface area contributed by atoms with E-state index in [1.165, 1.54) is 11.1 Å². The van der Waals surface area contributed by atoms with E-state index in [9.17, 15) is 4.79 Å². The molecule has 1 aliphatic heterocycles. The summed E-state index contributed by atoms with van der Waals surface area (Å²) < 4.78 is 0. The largest absolute Gasteiger partial charge is 0.341 e. The Morgan fingerprint density at radius 1 is 1.16 bits per heavy atom. The summed E-state index contributed by atoms with van der Waals surface area (Å²) in [5, 5.41) is 0. The molecule has 0 bridgehead atoms. The standard InChI is InChI=1S/C21H26N2O.ClH/c1-15-7-6-10-18(11-15)16(2)21(24)23-13-19(12-22)20(14-23)17-8-4-3-5-9-17;/h3-11,16,19-20H,12-14,22H2,1-2H3;1H/t16?,19-,20+;/m1./s1. The fourth-order valence-electron chi connectivity index (χ4n) is 3.72. The number of carbonyl (C=O) groups is 1. The Hall–Kier alpha value is -1.84. The molecule has 3 atom stereocenters. The number of amides is 1. The summed E-state index contributed by atoms with van der Waals surface area (Å²) in [5.41, 5.74) is 9.56. The van der Waals surface area contributed by atoms with E-state index in [-0.39, 0.29) is 24.2 Å². The molecule has 0 radical (unpaired) electrons. The quantitative estimate of drug-likeness (QED) is 0.905. The van der Waals surface area contributed by atoms with E-state index in [2.05, 4.69) is 43.3 Å². The summed E-state index contributed by atoms with van der Waals surface area (Å²) in [5.74, 6) is 0.765. The minimum absolute atomic E-state index is 0. The first kappa shape index (κ1) is 19.5. The number of hydrogen-bond acceptors (Lipinski definition) is 2. The molecule has 2 aromatic rings. The van der Waals surface area contributed by atoms with Crippen LogP contribution in [0.25, 0.3) is 0 Å². The first-order valence-corrected chi connectivity index (χ1v) is 8.70. The van der Waals surface area contributed by atoms with E-state index in [1.807, 2.05) is 30.0 Å². The van der Waals surface area contributed by atoms with Crippen LogP contribution in [-0.4, -0.2) is 30.4 Å². The number of carbonyl (C=O) groups excluding carboxylic acids is 1. The van der Waals surface area contributed by atoms with Crippen molar-refractivity contribution in [3.8, 4) is 0 Å². The molecule has 4 heteroatoms. The zero-order chi connectivity index (χ0) is 17.1. The number of rotatable bonds is 4. The second-order valence-corrected chi connectivity index (χ2v) is 6.89. The Bertz CT molecular complexity index is 704. The van der Waals surface area contributed by atoms with Crippen molar-refractivity contribution in [1.29, 1.82) is 0 Å². The molecule has 0 aromatic heterocycles. The lowest BCUT2D eigenvalue weighted by Gasteiger charge is -2.21. The average Bonchev–Trinajstić information content (AvgIpc) is 3.05. The van der Waals surface area contributed by atoms with Gasteiger partial charge in [0.05, 0.1) is 5.92 Å². The third-order valence-electron chi connectivity index (χ3n) is 5.20. The minimum Gasteiger partial charge on any atom is -0.341 e. The summed E-state index contributed by atoms with van der Waals surface area (Å²) in [7, 11) is 0. The Morgan fingerprint density at radius 3 is 2.52 bits per heavy atom. The monoisotopic (exact) mass is 358 g/mol. The lowest BCUT2D eigenvalue weighted by atomic mass is 9.89. The summed E-state index contributed by atoms with van der Waals surface area (Å²) in [4.78, 5) is 15.0. The fraction of sp³-hybridized carbons (Fsp3) is 0.381. The van der Waals surface area contributed by atoms with Crippen LogP contribution in [0.3, 0.4) is 0 Å². The predicted octanol–water partition coefficient (Wildman–Crippen LogP) is 3.72. The molecule has 1 unspecified atom stereocenters. The molecule has 25 heavy (non-hydrogen) atoms. The number of benzene rings is 2. The number of hydrogen-bond donors (Lipinski definition) is 1. The van der Waals surface area contributed by atoms with Crippen molar-refractivity contribution in [2.45, 2.75) is 25.7 Å². The topological polar surface area (TPSA) is 46.3 Å². The smallest absolute Gasteiger partial charge is 0.229 e. The molecule has 0 spiro atoms. The highest BCUT2D eigenvalue weighted by atomic mass is 35.5. The van der Waals surface area contributed by atoms with Gasteiger partial charge in [-0.25, -0.2) is 0 Å². The highest BCUT2D eigenvalue weighted by molar-refractivity contribution is 5.85. The molecule has 1 aliphatic rings. The number of likely N-dealkylation sites (tertiary alicyclic amines) is 1. The molecule has 3 nitrogen and oxygen atoms in total. The number of halogens is 1. The van der Waals surface area contributed by atoms with Gasteiger partial charge in [0.25, 0.3) is 0 Å². The summed E-state index contributed by atoms with van der Waals surface area (Å²) in [6, 6.07) is 18.7. The molecule has 1 heterocycles. The van der Waals surface area contributed by atoms with Crippen LogP contribution in [0.2, 0.25) is 0 Å². The highest BCUT2D eigenvalue weighted by Gasteiger charge is 2.36. The van der Waals surface area contributed by atoms with Crippen molar-refractivity contribution in [2.24, 2.45) is 11.7 Å². The lowest BCUT2D eigenvalue weighted by molar-refractivity contribution is -0.131. The van der Waals surface area contributed by atoms with Gasteiger partial charge in [-0.3, -0.25) is 4.79 Å². The van der Waals surface area contributed by atoms with Crippen LogP contribution < -0.4 is 5.73 Å². The van der Waals surface area contributed by atoms with Crippen LogP contribution in [-0.2, 0) is 4.79 Å². The van der Waals surface area contributed by atoms with Crippen LogP contribution in [0.4, 0.5) is 0 Å². The molecule has 0 aliphatic carbocycles. The van der Waals surface area contributed by atoms with Gasteiger partial charge in [-0.15, -0.1) is 12.4 Å². The third kappa shape index (κ3) is 4.23. The van der Waals surface area contributed by atoms with E-state index >= 15 is 0 Å². The number of aryl methyl sites for hydroxylation is 1. The Kier molecular flexibility index (Phi) is 6.63. The van der Waals surface area contributed by atoms with Crippen LogP contribution in [0.1, 0.15) is 35.4 Å². The molecule has 3 rings (SSSR count). The Balaban J connectivity index is 0.00000225. The maximum absolute atomic E-state index is 13.0. The Morgan fingerprint density at radius 2 is 1.88 bits per heavy atom. The van der Waals surface area contributed by atoms with Crippen LogP contribution >= 0.6 is 12.4 Å². The first-order valence-electron chi connectivity index (χ1n) is 8.70. The van der Waals surface area contributed by atoms with Gasteiger partial charge in [0.15, 0.2) is 0 Å². The van der Waals surface area contributed by atoms with Crippen LogP contribution in [0, 0.1) is 12.8 Å². The number of nitrogens with zero attached hydrogens (tertiary/aromatic N) is 1. The lowest BCUT2D eigenvalue weighted by Crippen LogP contribution is -2.33. The van der Waals surface area contributed by atoms with Gasteiger partial charge in [0.1, 0.15) is 0 Å². The molecule has 1 amide bonds. The zero-order valence-electron chi connectivity index (χ0n) is 14.9. The average molecular weight is 359 g/mol. The molecule has 1 fully saturated rings. The summed E-state index contributed by atoms with van der Waals surface area (Å²) in [6.07, 6.45) is 0. The van der Waals surface area contributed by atoms with Gasteiger partial charge in [-0.2, -0.15) is 0 Å². The van der Waals surface area contributed by atoms with Gasteiger partial charge in [-0.1, -0.05) is 60.2 Å². The second kappa shape index (κ2) is 8.50. The van der Waals surface area contributed by atoms with Gasteiger partial charge in [0.2, 0.25) is 5.91 Å². The minimum atomic E-state index is -0.113. The SMILES string of the molecule is Cc1cccc(C(C)C(=O)N2C[C@@H](CN)[C@H](c3ccccc3)C2)c1.Cl. The van der Waals surface area contributed by atoms with E-state index < -0.39 is 0 Å². The molecule has 2 N–H and O–H groups in total. The first-order chi connectivity index (χ1) is 11.6. The van der Waals surface area contributed by atoms with Gasteiger partial charge in [-0.05, 0) is 37.4 Å². The molecular weight excluding hydrogens is 332 g/mol. The highest BCUT2D eigenvalue weighted by Crippen LogP contribution is 2.33. The van der Waals surface area contributed by atoms with E-state index in [0.29, 0.717) is 18.4 Å².